The molecule has 0 bridgehead atoms. The Balaban J connectivity index is 2.24. The van der Waals surface area contributed by atoms with Gasteiger partial charge in [-0.05, 0) is 24.0 Å². The number of nitrogens with one attached hydrogen (secondary N) is 1. The Morgan fingerprint density at radius 3 is 2.47 bits per heavy atom. The Hall–Kier alpha value is -1.62. The molecule has 1 rings (SSSR count). The number of rotatable bonds is 8. The van der Waals surface area contributed by atoms with Crippen LogP contribution in [0.3, 0.4) is 0 Å². The Kier molecular flexibility index (Phi) is 5.76. The summed E-state index contributed by atoms with van der Waals surface area (Å²) in [6.45, 7) is 8.88. The van der Waals surface area contributed by atoms with Crippen molar-refractivity contribution in [2.75, 3.05) is 19.7 Å². The van der Waals surface area contributed by atoms with Crippen LogP contribution in [0.1, 0.15) is 27.2 Å². The fourth-order valence-electron chi connectivity index (χ4n) is 1.46. The first kappa shape index (κ1) is 15.4. The van der Waals surface area contributed by atoms with Gasteiger partial charge in [0.1, 0.15) is 12.4 Å². The highest BCUT2D eigenvalue weighted by atomic mass is 16.6. The first-order valence-corrected chi connectivity index (χ1v) is 6.52. The first-order chi connectivity index (χ1) is 8.94. The van der Waals surface area contributed by atoms with E-state index in [1.54, 1.807) is 12.1 Å². The third kappa shape index (κ3) is 5.70. The van der Waals surface area contributed by atoms with E-state index < -0.39 is 4.92 Å². The van der Waals surface area contributed by atoms with Crippen LogP contribution in [0.15, 0.2) is 24.3 Å². The molecule has 0 aliphatic carbocycles. The predicted molar refractivity (Wildman–Crippen MR) is 75.5 cm³/mol. The highest BCUT2D eigenvalue weighted by Crippen LogP contribution is 2.18. The molecule has 19 heavy (non-hydrogen) atoms. The van der Waals surface area contributed by atoms with Crippen molar-refractivity contribution in [1.29, 1.82) is 0 Å². The second kappa shape index (κ2) is 7.09. The number of nitro benzene ring substituents is 1. The zero-order valence-electron chi connectivity index (χ0n) is 11.8. The van der Waals surface area contributed by atoms with Crippen molar-refractivity contribution in [3.05, 3.63) is 34.4 Å². The van der Waals surface area contributed by atoms with E-state index in [2.05, 4.69) is 26.1 Å². The van der Waals surface area contributed by atoms with Crippen molar-refractivity contribution in [3.8, 4) is 5.75 Å². The summed E-state index contributed by atoms with van der Waals surface area (Å²) in [4.78, 5) is 10.1. The first-order valence-electron chi connectivity index (χ1n) is 6.52. The zero-order valence-corrected chi connectivity index (χ0v) is 11.8. The van der Waals surface area contributed by atoms with E-state index in [9.17, 15) is 10.1 Å². The summed E-state index contributed by atoms with van der Waals surface area (Å²) in [5.41, 5.74) is 0.378. The highest BCUT2D eigenvalue weighted by Gasteiger charge is 2.13. The Morgan fingerprint density at radius 1 is 1.32 bits per heavy atom. The lowest BCUT2D eigenvalue weighted by molar-refractivity contribution is -0.384. The van der Waals surface area contributed by atoms with Gasteiger partial charge in [-0.3, -0.25) is 10.1 Å². The van der Waals surface area contributed by atoms with Crippen molar-refractivity contribution < 1.29 is 9.66 Å². The molecule has 5 nitrogen and oxygen atoms in total. The van der Waals surface area contributed by atoms with Crippen LogP contribution in [0, 0.1) is 15.5 Å². The second-order valence-electron chi connectivity index (χ2n) is 5.29. The van der Waals surface area contributed by atoms with Gasteiger partial charge in [-0.15, -0.1) is 0 Å². The predicted octanol–water partition coefficient (Wildman–Crippen LogP) is 3.00. The minimum Gasteiger partial charge on any atom is -0.492 e. The van der Waals surface area contributed by atoms with Gasteiger partial charge in [0, 0.05) is 25.2 Å². The molecule has 1 aromatic carbocycles. The number of hydrogen-bond acceptors (Lipinski definition) is 4. The molecule has 0 amide bonds. The number of ether oxygens (including phenoxy) is 1. The van der Waals surface area contributed by atoms with E-state index >= 15 is 0 Å². The van der Waals surface area contributed by atoms with Crippen molar-refractivity contribution >= 4 is 5.69 Å². The van der Waals surface area contributed by atoms with E-state index in [1.165, 1.54) is 12.1 Å². The summed E-state index contributed by atoms with van der Waals surface area (Å²) in [5.74, 6) is 0.655. The maximum Gasteiger partial charge on any atom is 0.269 e. The largest absolute Gasteiger partial charge is 0.492 e. The van der Waals surface area contributed by atoms with E-state index in [4.69, 9.17) is 4.74 Å². The number of hydrogen-bond donors (Lipinski definition) is 1. The summed E-state index contributed by atoms with van der Waals surface area (Å²) in [6, 6.07) is 6.13. The van der Waals surface area contributed by atoms with Crippen LogP contribution < -0.4 is 10.1 Å². The van der Waals surface area contributed by atoms with Gasteiger partial charge in [0.15, 0.2) is 0 Å². The molecule has 0 aromatic heterocycles. The Labute approximate surface area is 114 Å². The topological polar surface area (TPSA) is 64.4 Å². The molecule has 5 heteroatoms. The molecule has 0 aliphatic rings. The van der Waals surface area contributed by atoms with E-state index in [-0.39, 0.29) is 5.69 Å². The summed E-state index contributed by atoms with van der Waals surface area (Å²) >= 11 is 0. The average Bonchev–Trinajstić information content (AvgIpc) is 2.39. The summed E-state index contributed by atoms with van der Waals surface area (Å²) in [6.07, 6.45) is 1.13. The Bertz CT molecular complexity index is 402. The van der Waals surface area contributed by atoms with Gasteiger partial charge in [-0.25, -0.2) is 0 Å². The summed E-state index contributed by atoms with van der Waals surface area (Å²) < 4.78 is 5.50. The van der Waals surface area contributed by atoms with Crippen molar-refractivity contribution in [2.24, 2.45) is 5.41 Å². The fraction of sp³-hybridized carbons (Fsp3) is 0.571. The number of non-ortho nitro benzene ring substituents is 1. The molecule has 0 heterocycles. The van der Waals surface area contributed by atoms with Gasteiger partial charge in [0.2, 0.25) is 0 Å². The van der Waals surface area contributed by atoms with Gasteiger partial charge < -0.3 is 10.1 Å². The lowest BCUT2D eigenvalue weighted by Crippen LogP contribution is -2.31. The smallest absolute Gasteiger partial charge is 0.269 e. The fourth-order valence-corrected chi connectivity index (χ4v) is 1.46. The lowest BCUT2D eigenvalue weighted by Gasteiger charge is -2.22. The molecular formula is C14H22N2O3. The average molecular weight is 266 g/mol. The molecule has 0 saturated heterocycles. The SMILES string of the molecule is CCC(C)(C)CNCCOc1ccc([N+](=O)[O-])cc1. The molecule has 0 radical (unpaired) electrons. The Morgan fingerprint density at radius 2 is 1.95 bits per heavy atom. The van der Waals surface area contributed by atoms with E-state index in [0.717, 1.165) is 19.5 Å². The number of nitrogens with zero attached hydrogens (tertiary/aromatic N) is 1. The van der Waals surface area contributed by atoms with Crippen LogP contribution in [0.4, 0.5) is 5.69 Å². The minimum absolute atomic E-state index is 0.0789. The maximum atomic E-state index is 10.5. The molecular weight excluding hydrogens is 244 g/mol. The molecule has 0 saturated carbocycles. The third-order valence-corrected chi connectivity index (χ3v) is 3.16. The van der Waals surface area contributed by atoms with E-state index in [0.29, 0.717) is 17.8 Å². The van der Waals surface area contributed by atoms with Crippen molar-refractivity contribution in [1.82, 2.24) is 5.32 Å². The van der Waals surface area contributed by atoms with Gasteiger partial charge in [0.05, 0.1) is 4.92 Å². The molecule has 1 aromatic rings. The van der Waals surface area contributed by atoms with Crippen LogP contribution in [0.5, 0.6) is 5.75 Å². The molecule has 0 aliphatic heterocycles. The van der Waals surface area contributed by atoms with Crippen LogP contribution >= 0.6 is 0 Å². The molecule has 106 valence electrons. The normalized spacial score (nSPS) is 11.3. The van der Waals surface area contributed by atoms with Crippen molar-refractivity contribution in [3.63, 3.8) is 0 Å². The van der Waals surface area contributed by atoms with Crippen LogP contribution in [-0.4, -0.2) is 24.6 Å². The quantitative estimate of drug-likeness (QED) is 0.446. The minimum atomic E-state index is -0.418. The monoisotopic (exact) mass is 266 g/mol. The standard InChI is InChI=1S/C14H22N2O3/c1-4-14(2,3)11-15-9-10-19-13-7-5-12(6-8-13)16(17)18/h5-8,15H,4,9-11H2,1-3H3. The molecule has 0 unspecified atom stereocenters. The molecule has 0 fully saturated rings. The lowest BCUT2D eigenvalue weighted by atomic mass is 9.90. The summed E-state index contributed by atoms with van der Waals surface area (Å²) in [7, 11) is 0. The van der Waals surface area contributed by atoms with E-state index in [1.807, 2.05) is 0 Å². The molecule has 0 atom stereocenters. The zero-order chi connectivity index (χ0) is 14.3. The summed E-state index contributed by atoms with van der Waals surface area (Å²) in [5, 5.41) is 13.8. The van der Waals surface area contributed by atoms with Gasteiger partial charge in [-0.1, -0.05) is 20.8 Å². The molecule has 0 spiro atoms. The maximum absolute atomic E-state index is 10.5. The third-order valence-electron chi connectivity index (χ3n) is 3.16. The van der Waals surface area contributed by atoms with Crippen LogP contribution in [-0.2, 0) is 0 Å². The van der Waals surface area contributed by atoms with Crippen LogP contribution in [0.25, 0.3) is 0 Å². The van der Waals surface area contributed by atoms with Gasteiger partial charge >= 0.3 is 0 Å². The number of nitro groups is 1. The van der Waals surface area contributed by atoms with Crippen molar-refractivity contribution in [2.45, 2.75) is 27.2 Å². The van der Waals surface area contributed by atoms with Gasteiger partial charge in [-0.2, -0.15) is 0 Å². The highest BCUT2D eigenvalue weighted by molar-refractivity contribution is 5.35. The van der Waals surface area contributed by atoms with Crippen LogP contribution in [0.2, 0.25) is 0 Å². The molecule has 1 N–H and O–H groups in total. The second-order valence-corrected chi connectivity index (χ2v) is 5.29. The number of benzene rings is 1. The van der Waals surface area contributed by atoms with Gasteiger partial charge in [0.25, 0.3) is 5.69 Å².